The summed E-state index contributed by atoms with van der Waals surface area (Å²) in [5.41, 5.74) is 4.11. The van der Waals surface area contributed by atoms with Crippen LogP contribution in [0.25, 0.3) is 0 Å². The largest absolute Gasteiger partial charge is 0.496 e. The summed E-state index contributed by atoms with van der Waals surface area (Å²) in [5.74, 6) is 2.23. The molecule has 0 saturated carbocycles. The monoisotopic (exact) mass is 448 g/mol. The average Bonchev–Trinajstić information content (AvgIpc) is 3.32. The molecule has 1 fully saturated rings. The standard InChI is InChI=1S/C25H32N6O2/c1-18-5-3-10-30(14-18)25-27-22-17-29(12-8-21(22)24(32)28-25)15-19-6-7-23(33-2)20(13-19)16-31-11-4-9-26-31/h4,6-7,9,11,13,18H,3,5,8,10,12,14-17H2,1-2H3,(H,27,28,32). The minimum atomic E-state index is 0.0267. The molecule has 8 heteroatoms. The number of benzene rings is 1. The number of piperidine rings is 1. The van der Waals surface area contributed by atoms with E-state index in [0.717, 1.165) is 67.5 Å². The summed E-state index contributed by atoms with van der Waals surface area (Å²) in [6.45, 7) is 7.19. The van der Waals surface area contributed by atoms with Crippen molar-refractivity contribution in [2.45, 2.75) is 45.8 Å². The molecule has 0 bridgehead atoms. The number of nitrogens with one attached hydrogen (secondary N) is 1. The van der Waals surface area contributed by atoms with Gasteiger partial charge in [-0.15, -0.1) is 0 Å². The van der Waals surface area contributed by atoms with Crippen LogP contribution in [0, 0.1) is 5.92 Å². The third kappa shape index (κ3) is 4.80. The Balaban J connectivity index is 1.33. The molecule has 2 aliphatic rings. The zero-order valence-corrected chi connectivity index (χ0v) is 19.5. The lowest BCUT2D eigenvalue weighted by Gasteiger charge is -2.33. The molecular formula is C25H32N6O2. The van der Waals surface area contributed by atoms with E-state index in [0.29, 0.717) is 19.0 Å². The molecule has 1 aromatic carbocycles. The number of fused-ring (bicyclic) bond motifs is 1. The van der Waals surface area contributed by atoms with E-state index >= 15 is 0 Å². The Morgan fingerprint density at radius 2 is 2.15 bits per heavy atom. The van der Waals surface area contributed by atoms with Gasteiger partial charge in [-0.05, 0) is 48.9 Å². The zero-order valence-electron chi connectivity index (χ0n) is 19.5. The van der Waals surface area contributed by atoms with Gasteiger partial charge in [-0.1, -0.05) is 13.0 Å². The van der Waals surface area contributed by atoms with Crippen molar-refractivity contribution in [3.8, 4) is 5.75 Å². The summed E-state index contributed by atoms with van der Waals surface area (Å²) >= 11 is 0. The van der Waals surface area contributed by atoms with Crippen LogP contribution in [0.4, 0.5) is 5.95 Å². The number of rotatable bonds is 6. The molecule has 1 N–H and O–H groups in total. The smallest absolute Gasteiger partial charge is 0.255 e. The molecule has 5 rings (SSSR count). The molecule has 0 spiro atoms. The predicted octanol–water partition coefficient (Wildman–Crippen LogP) is 2.82. The summed E-state index contributed by atoms with van der Waals surface area (Å²) in [5, 5.41) is 4.32. The van der Waals surface area contributed by atoms with E-state index in [9.17, 15) is 4.79 Å². The normalized spacial score (nSPS) is 18.8. The summed E-state index contributed by atoms with van der Waals surface area (Å²) in [6.07, 6.45) is 6.85. The van der Waals surface area contributed by atoms with Crippen molar-refractivity contribution in [3.05, 3.63) is 69.4 Å². The number of methoxy groups -OCH3 is 1. The van der Waals surface area contributed by atoms with E-state index in [1.807, 2.05) is 23.0 Å². The molecule has 1 saturated heterocycles. The Labute approximate surface area is 194 Å². The van der Waals surface area contributed by atoms with Crippen molar-refractivity contribution in [2.75, 3.05) is 31.6 Å². The first-order valence-electron chi connectivity index (χ1n) is 11.8. The average molecular weight is 449 g/mol. The second-order valence-electron chi connectivity index (χ2n) is 9.32. The van der Waals surface area contributed by atoms with Crippen LogP contribution in [-0.4, -0.2) is 51.4 Å². The van der Waals surface area contributed by atoms with E-state index in [-0.39, 0.29) is 5.56 Å². The van der Waals surface area contributed by atoms with Gasteiger partial charge in [0.05, 0.1) is 19.3 Å². The van der Waals surface area contributed by atoms with Gasteiger partial charge in [-0.3, -0.25) is 19.4 Å². The molecule has 0 aliphatic carbocycles. The summed E-state index contributed by atoms with van der Waals surface area (Å²) in [4.78, 5) is 25.4. The molecule has 8 nitrogen and oxygen atoms in total. The summed E-state index contributed by atoms with van der Waals surface area (Å²) in [6, 6.07) is 8.27. The number of anilines is 1. The molecular weight excluding hydrogens is 416 g/mol. The Kier molecular flexibility index (Phi) is 6.17. The SMILES string of the molecule is COc1ccc(CN2CCc3c(nc(N4CCCC(C)C4)[nH]c3=O)C2)cc1Cn1cccn1. The third-order valence-corrected chi connectivity index (χ3v) is 6.74. The molecule has 1 unspecified atom stereocenters. The maximum atomic E-state index is 12.8. The first kappa shape index (κ1) is 21.7. The van der Waals surface area contributed by atoms with E-state index in [2.05, 4.69) is 38.9 Å². The minimum Gasteiger partial charge on any atom is -0.496 e. The van der Waals surface area contributed by atoms with Gasteiger partial charge in [0.25, 0.3) is 5.56 Å². The van der Waals surface area contributed by atoms with Crippen LogP contribution in [0.15, 0.2) is 41.5 Å². The number of nitrogens with zero attached hydrogens (tertiary/aromatic N) is 5. The number of aromatic amines is 1. The van der Waals surface area contributed by atoms with Crippen molar-refractivity contribution >= 4 is 5.95 Å². The van der Waals surface area contributed by atoms with Crippen LogP contribution in [0.1, 0.15) is 42.1 Å². The maximum Gasteiger partial charge on any atom is 0.255 e. The molecule has 1 atom stereocenters. The Bertz CT molecular complexity index is 1160. The Morgan fingerprint density at radius 3 is 2.94 bits per heavy atom. The van der Waals surface area contributed by atoms with Crippen molar-refractivity contribution in [1.82, 2.24) is 24.6 Å². The van der Waals surface area contributed by atoms with Gasteiger partial charge >= 0.3 is 0 Å². The predicted molar refractivity (Wildman–Crippen MR) is 128 cm³/mol. The van der Waals surface area contributed by atoms with Crippen molar-refractivity contribution in [2.24, 2.45) is 5.92 Å². The van der Waals surface area contributed by atoms with E-state index in [1.54, 1.807) is 13.3 Å². The summed E-state index contributed by atoms with van der Waals surface area (Å²) in [7, 11) is 1.70. The van der Waals surface area contributed by atoms with Gasteiger partial charge in [0, 0.05) is 56.2 Å². The molecule has 0 amide bonds. The molecule has 0 radical (unpaired) electrons. The highest BCUT2D eigenvalue weighted by Crippen LogP contribution is 2.25. The Hall–Kier alpha value is -3.13. The van der Waals surface area contributed by atoms with Crippen LogP contribution >= 0.6 is 0 Å². The fourth-order valence-corrected chi connectivity index (χ4v) is 5.03. The molecule has 3 aromatic rings. The highest BCUT2D eigenvalue weighted by molar-refractivity contribution is 5.38. The zero-order chi connectivity index (χ0) is 22.8. The van der Waals surface area contributed by atoms with Gasteiger partial charge < -0.3 is 9.64 Å². The van der Waals surface area contributed by atoms with Crippen molar-refractivity contribution in [1.29, 1.82) is 0 Å². The first-order chi connectivity index (χ1) is 16.1. The van der Waals surface area contributed by atoms with Gasteiger partial charge in [-0.25, -0.2) is 4.98 Å². The third-order valence-electron chi connectivity index (χ3n) is 6.74. The molecule has 4 heterocycles. The van der Waals surface area contributed by atoms with Gasteiger partial charge in [0.1, 0.15) is 5.75 Å². The molecule has 2 aliphatic heterocycles. The van der Waals surface area contributed by atoms with Crippen molar-refractivity contribution in [3.63, 3.8) is 0 Å². The molecule has 2 aromatic heterocycles. The van der Waals surface area contributed by atoms with Crippen LogP contribution in [0.5, 0.6) is 5.75 Å². The highest BCUT2D eigenvalue weighted by atomic mass is 16.5. The lowest BCUT2D eigenvalue weighted by atomic mass is 10.0. The lowest BCUT2D eigenvalue weighted by Crippen LogP contribution is -2.39. The number of ether oxygens (including phenoxy) is 1. The van der Waals surface area contributed by atoms with Crippen LogP contribution in [0.3, 0.4) is 0 Å². The highest BCUT2D eigenvalue weighted by Gasteiger charge is 2.24. The number of hydrogen-bond donors (Lipinski definition) is 1. The number of hydrogen-bond acceptors (Lipinski definition) is 6. The fraction of sp³-hybridized carbons (Fsp3) is 0.480. The van der Waals surface area contributed by atoms with Crippen LogP contribution < -0.4 is 15.2 Å². The van der Waals surface area contributed by atoms with E-state index in [4.69, 9.17) is 9.72 Å². The van der Waals surface area contributed by atoms with E-state index in [1.165, 1.54) is 12.0 Å². The number of H-pyrrole nitrogens is 1. The summed E-state index contributed by atoms with van der Waals surface area (Å²) < 4.78 is 7.47. The van der Waals surface area contributed by atoms with Crippen molar-refractivity contribution < 1.29 is 4.74 Å². The lowest BCUT2D eigenvalue weighted by molar-refractivity contribution is 0.240. The maximum absolute atomic E-state index is 12.8. The number of aromatic nitrogens is 4. The van der Waals surface area contributed by atoms with Gasteiger partial charge in [-0.2, -0.15) is 5.10 Å². The molecule has 174 valence electrons. The fourth-order valence-electron chi connectivity index (χ4n) is 5.03. The molecule has 33 heavy (non-hydrogen) atoms. The topological polar surface area (TPSA) is 79.3 Å². The van der Waals surface area contributed by atoms with Crippen LogP contribution in [0.2, 0.25) is 0 Å². The second kappa shape index (κ2) is 9.39. The van der Waals surface area contributed by atoms with Gasteiger partial charge in [0.15, 0.2) is 0 Å². The minimum absolute atomic E-state index is 0.0267. The first-order valence-corrected chi connectivity index (χ1v) is 11.8. The van der Waals surface area contributed by atoms with Crippen LogP contribution in [-0.2, 0) is 26.1 Å². The second-order valence-corrected chi connectivity index (χ2v) is 9.32. The van der Waals surface area contributed by atoms with Gasteiger partial charge in [0.2, 0.25) is 5.95 Å². The Morgan fingerprint density at radius 1 is 1.24 bits per heavy atom. The van der Waals surface area contributed by atoms with E-state index < -0.39 is 0 Å². The quantitative estimate of drug-likeness (QED) is 0.625.